The Morgan fingerprint density at radius 2 is 1.62 bits per heavy atom. The largest absolute Gasteiger partial charge is 0.516 e. The zero-order valence-corrected chi connectivity index (χ0v) is 15.3. The van der Waals surface area contributed by atoms with Crippen LogP contribution in [-0.4, -0.2) is 48.0 Å². The lowest BCUT2D eigenvalue weighted by Crippen LogP contribution is -2.57. The van der Waals surface area contributed by atoms with Crippen molar-refractivity contribution in [3.05, 3.63) is 0 Å². The predicted octanol–water partition coefficient (Wildman–Crippen LogP) is 2.11. The summed E-state index contributed by atoms with van der Waals surface area (Å²) >= 11 is 0. The van der Waals surface area contributed by atoms with Gasteiger partial charge in [0.2, 0.25) is 0 Å². The molecular weight excluding hydrogens is 316 g/mol. The second-order valence-corrected chi connectivity index (χ2v) is 7.82. The molecule has 2 N–H and O–H groups in total. The van der Waals surface area contributed by atoms with Crippen LogP contribution in [0.25, 0.3) is 0 Å². The van der Waals surface area contributed by atoms with Gasteiger partial charge in [-0.3, -0.25) is 0 Å². The molecule has 1 atom stereocenters. The molecule has 0 aliphatic carbocycles. The van der Waals surface area contributed by atoms with Crippen LogP contribution in [0, 0.1) is 0 Å². The third-order valence-electron chi connectivity index (χ3n) is 3.13. The molecule has 8 heteroatoms. The number of carbonyl (C=O) groups excluding carboxylic acids is 3. The van der Waals surface area contributed by atoms with Crippen LogP contribution in [0.4, 0.5) is 9.59 Å². The first kappa shape index (κ1) is 20.2. The first-order valence-electron chi connectivity index (χ1n) is 8.00. The maximum absolute atomic E-state index is 12.4. The third kappa shape index (κ3) is 6.74. The van der Waals surface area contributed by atoms with Crippen LogP contribution < -0.4 is 10.6 Å². The van der Waals surface area contributed by atoms with Gasteiger partial charge in [0.25, 0.3) is 0 Å². The fraction of sp³-hybridized carbons (Fsp3) is 0.812. The van der Waals surface area contributed by atoms with Gasteiger partial charge in [0.05, 0.1) is 0 Å². The van der Waals surface area contributed by atoms with Gasteiger partial charge in [-0.05, 0) is 60.9 Å². The maximum Gasteiger partial charge on any atom is 0.516 e. The summed E-state index contributed by atoms with van der Waals surface area (Å²) in [5, 5.41) is 5.55. The molecule has 0 bridgehead atoms. The smallest absolute Gasteiger partial charge is 0.444 e. The first-order valence-corrected chi connectivity index (χ1v) is 8.00. The molecule has 1 rings (SSSR count). The Kier molecular flexibility index (Phi) is 6.21. The lowest BCUT2D eigenvalue weighted by Gasteiger charge is -2.28. The molecular formula is C16H28N2O6. The maximum atomic E-state index is 12.4. The summed E-state index contributed by atoms with van der Waals surface area (Å²) < 4.78 is 14.9. The molecule has 0 radical (unpaired) electrons. The van der Waals surface area contributed by atoms with E-state index in [9.17, 15) is 14.4 Å². The van der Waals surface area contributed by atoms with Gasteiger partial charge < -0.3 is 24.8 Å². The number of alkyl carbamates (subject to hydrolysis) is 1. The lowest BCUT2D eigenvalue weighted by molar-refractivity contribution is -0.148. The van der Waals surface area contributed by atoms with Crippen molar-refractivity contribution in [2.75, 3.05) is 13.1 Å². The predicted molar refractivity (Wildman–Crippen MR) is 86.5 cm³/mol. The van der Waals surface area contributed by atoms with Crippen LogP contribution in [0.5, 0.6) is 0 Å². The Bertz CT molecular complexity index is 484. The molecule has 0 unspecified atom stereocenters. The number of ether oxygens (including phenoxy) is 3. The van der Waals surface area contributed by atoms with Crippen molar-refractivity contribution in [3.8, 4) is 0 Å². The highest BCUT2D eigenvalue weighted by molar-refractivity contribution is 5.90. The molecule has 1 fully saturated rings. The van der Waals surface area contributed by atoms with E-state index in [4.69, 9.17) is 14.2 Å². The quantitative estimate of drug-likeness (QED) is 0.597. The minimum Gasteiger partial charge on any atom is -0.444 e. The van der Waals surface area contributed by atoms with E-state index in [-0.39, 0.29) is 6.54 Å². The molecule has 1 aliphatic rings. The summed E-state index contributed by atoms with van der Waals surface area (Å²) in [6, 6.07) is 0. The summed E-state index contributed by atoms with van der Waals surface area (Å²) in [6.45, 7) is 10.8. The van der Waals surface area contributed by atoms with E-state index in [1.165, 1.54) is 0 Å². The summed E-state index contributed by atoms with van der Waals surface area (Å²) in [5.74, 6) is -0.773. The van der Waals surface area contributed by atoms with Crippen molar-refractivity contribution in [1.82, 2.24) is 10.6 Å². The standard InChI is InChI=1S/C16H28N2O6/c1-14(2,3)23-12(20)17-10-16(8-7-9-18-16)11(19)22-13(21)24-15(4,5)6/h18H,7-10H2,1-6H3,(H,17,20)/t16-/m1/s1. The zero-order chi connectivity index (χ0) is 18.6. The minimum atomic E-state index is -1.16. The number of hydrogen-bond acceptors (Lipinski definition) is 7. The van der Waals surface area contributed by atoms with Crippen LogP contribution in [-0.2, 0) is 19.0 Å². The molecule has 0 saturated carbocycles. The topological polar surface area (TPSA) is 103 Å². The molecule has 0 aromatic carbocycles. The third-order valence-corrected chi connectivity index (χ3v) is 3.13. The minimum absolute atomic E-state index is 0.0382. The van der Waals surface area contributed by atoms with E-state index < -0.39 is 35.0 Å². The van der Waals surface area contributed by atoms with Gasteiger partial charge in [-0.25, -0.2) is 14.4 Å². The normalized spacial score (nSPS) is 21.1. The van der Waals surface area contributed by atoms with E-state index in [1.54, 1.807) is 41.5 Å². The fourth-order valence-corrected chi connectivity index (χ4v) is 2.18. The highest BCUT2D eigenvalue weighted by atomic mass is 16.7. The molecule has 1 aliphatic heterocycles. The number of rotatable bonds is 3. The second kappa shape index (κ2) is 7.38. The molecule has 8 nitrogen and oxygen atoms in total. The van der Waals surface area contributed by atoms with E-state index in [2.05, 4.69) is 10.6 Å². The molecule has 0 aromatic heterocycles. The van der Waals surface area contributed by atoms with Crippen molar-refractivity contribution in [2.24, 2.45) is 0 Å². The second-order valence-electron chi connectivity index (χ2n) is 7.82. The van der Waals surface area contributed by atoms with E-state index in [0.717, 1.165) is 6.42 Å². The summed E-state index contributed by atoms with van der Waals surface area (Å²) in [6.07, 6.45) is -0.539. The molecule has 1 heterocycles. The Morgan fingerprint density at radius 3 is 2.08 bits per heavy atom. The molecule has 0 aromatic rings. The Hall–Kier alpha value is -1.83. The summed E-state index contributed by atoms with van der Waals surface area (Å²) in [7, 11) is 0. The highest BCUT2D eigenvalue weighted by Crippen LogP contribution is 2.21. The number of hydrogen-bond donors (Lipinski definition) is 2. The SMILES string of the molecule is CC(C)(C)OC(=O)NC[C@@]1(C(=O)OC(=O)OC(C)(C)C)CCCN1. The average molecular weight is 344 g/mol. The fourth-order valence-electron chi connectivity index (χ4n) is 2.18. The van der Waals surface area contributed by atoms with Gasteiger partial charge in [0.1, 0.15) is 16.7 Å². The zero-order valence-electron chi connectivity index (χ0n) is 15.3. The summed E-state index contributed by atoms with van der Waals surface area (Å²) in [4.78, 5) is 35.9. The first-order chi connectivity index (χ1) is 10.8. The van der Waals surface area contributed by atoms with Crippen molar-refractivity contribution < 1.29 is 28.6 Å². The van der Waals surface area contributed by atoms with Gasteiger partial charge in [0, 0.05) is 6.54 Å². The summed E-state index contributed by atoms with van der Waals surface area (Å²) in [5.41, 5.74) is -2.56. The van der Waals surface area contributed by atoms with Crippen LogP contribution >= 0.6 is 0 Å². The van der Waals surface area contributed by atoms with Crippen molar-refractivity contribution in [2.45, 2.75) is 71.1 Å². The monoisotopic (exact) mass is 344 g/mol. The van der Waals surface area contributed by atoms with E-state index in [0.29, 0.717) is 13.0 Å². The number of carbonyl (C=O) groups is 3. The Labute approximate surface area is 142 Å². The van der Waals surface area contributed by atoms with Crippen molar-refractivity contribution in [3.63, 3.8) is 0 Å². The molecule has 138 valence electrons. The number of esters is 1. The lowest BCUT2D eigenvalue weighted by atomic mass is 9.98. The number of amides is 1. The highest BCUT2D eigenvalue weighted by Gasteiger charge is 2.44. The van der Waals surface area contributed by atoms with Crippen LogP contribution in [0.1, 0.15) is 54.4 Å². The molecule has 0 spiro atoms. The molecule has 24 heavy (non-hydrogen) atoms. The van der Waals surface area contributed by atoms with E-state index in [1.807, 2.05) is 0 Å². The molecule has 1 amide bonds. The van der Waals surface area contributed by atoms with Crippen LogP contribution in [0.2, 0.25) is 0 Å². The average Bonchev–Trinajstić information content (AvgIpc) is 2.81. The Balaban J connectivity index is 2.66. The van der Waals surface area contributed by atoms with Gasteiger partial charge >= 0.3 is 18.2 Å². The van der Waals surface area contributed by atoms with Gasteiger partial charge in [0.15, 0.2) is 0 Å². The van der Waals surface area contributed by atoms with Gasteiger partial charge in [-0.2, -0.15) is 0 Å². The molecule has 1 saturated heterocycles. The van der Waals surface area contributed by atoms with Gasteiger partial charge in [-0.15, -0.1) is 0 Å². The van der Waals surface area contributed by atoms with Crippen LogP contribution in [0.15, 0.2) is 0 Å². The van der Waals surface area contributed by atoms with Gasteiger partial charge in [-0.1, -0.05) is 0 Å². The van der Waals surface area contributed by atoms with Crippen molar-refractivity contribution >= 4 is 18.2 Å². The van der Waals surface area contributed by atoms with E-state index >= 15 is 0 Å². The van der Waals surface area contributed by atoms with Crippen LogP contribution in [0.3, 0.4) is 0 Å². The Morgan fingerprint density at radius 1 is 1.04 bits per heavy atom. The number of nitrogens with one attached hydrogen (secondary N) is 2. The van der Waals surface area contributed by atoms with Crippen molar-refractivity contribution in [1.29, 1.82) is 0 Å².